The van der Waals surface area contributed by atoms with Gasteiger partial charge in [-0.3, -0.25) is 4.79 Å². The minimum Gasteiger partial charge on any atom is -0.495 e. The standard InChI is InChI=1S/C17H18ClNO3/c1-4-22-13-7-5-12(6-8-13)17(20)19-15-9-11(2)14(18)10-16(15)21-3/h5-10H,4H2,1-3H3,(H,19,20). The lowest BCUT2D eigenvalue weighted by molar-refractivity contribution is 0.102. The summed E-state index contributed by atoms with van der Waals surface area (Å²) in [5, 5.41) is 3.43. The zero-order valence-corrected chi connectivity index (χ0v) is 13.5. The number of carbonyl (C=O) groups excluding carboxylic acids is 1. The number of hydrogen-bond acceptors (Lipinski definition) is 3. The molecule has 0 fully saturated rings. The van der Waals surface area contributed by atoms with Gasteiger partial charge in [-0.2, -0.15) is 0 Å². The Bertz CT molecular complexity index is 668. The van der Waals surface area contributed by atoms with E-state index < -0.39 is 0 Å². The van der Waals surface area contributed by atoms with E-state index in [0.29, 0.717) is 28.6 Å². The van der Waals surface area contributed by atoms with E-state index in [2.05, 4.69) is 5.32 Å². The molecule has 0 aliphatic heterocycles. The Morgan fingerprint density at radius 1 is 1.23 bits per heavy atom. The smallest absolute Gasteiger partial charge is 0.255 e. The number of rotatable bonds is 5. The summed E-state index contributed by atoms with van der Waals surface area (Å²) in [5.74, 6) is 1.04. The lowest BCUT2D eigenvalue weighted by Crippen LogP contribution is -2.12. The highest BCUT2D eigenvalue weighted by molar-refractivity contribution is 6.31. The van der Waals surface area contributed by atoms with Crippen molar-refractivity contribution in [2.24, 2.45) is 0 Å². The predicted molar refractivity (Wildman–Crippen MR) is 88.3 cm³/mol. The molecule has 2 aromatic carbocycles. The Morgan fingerprint density at radius 2 is 1.91 bits per heavy atom. The van der Waals surface area contributed by atoms with E-state index in [1.165, 1.54) is 7.11 Å². The Balaban J connectivity index is 2.19. The van der Waals surface area contributed by atoms with E-state index in [1.54, 1.807) is 36.4 Å². The van der Waals surface area contributed by atoms with E-state index in [-0.39, 0.29) is 5.91 Å². The van der Waals surface area contributed by atoms with Gasteiger partial charge < -0.3 is 14.8 Å². The van der Waals surface area contributed by atoms with Crippen LogP contribution in [-0.4, -0.2) is 19.6 Å². The lowest BCUT2D eigenvalue weighted by atomic mass is 10.1. The van der Waals surface area contributed by atoms with Gasteiger partial charge in [0.05, 0.1) is 19.4 Å². The van der Waals surface area contributed by atoms with Crippen molar-refractivity contribution in [2.75, 3.05) is 19.0 Å². The van der Waals surface area contributed by atoms with Gasteiger partial charge in [0.25, 0.3) is 5.91 Å². The number of carbonyl (C=O) groups is 1. The van der Waals surface area contributed by atoms with Crippen molar-refractivity contribution in [1.29, 1.82) is 0 Å². The predicted octanol–water partition coefficient (Wildman–Crippen LogP) is 4.31. The van der Waals surface area contributed by atoms with Crippen LogP contribution < -0.4 is 14.8 Å². The number of nitrogens with one attached hydrogen (secondary N) is 1. The van der Waals surface area contributed by atoms with Gasteiger partial charge in [-0.1, -0.05) is 11.6 Å². The highest BCUT2D eigenvalue weighted by atomic mass is 35.5. The van der Waals surface area contributed by atoms with Crippen molar-refractivity contribution in [1.82, 2.24) is 0 Å². The summed E-state index contributed by atoms with van der Waals surface area (Å²) in [5.41, 5.74) is 1.99. The van der Waals surface area contributed by atoms with E-state index in [9.17, 15) is 4.79 Å². The summed E-state index contributed by atoms with van der Waals surface area (Å²) in [7, 11) is 1.54. The fourth-order valence-electron chi connectivity index (χ4n) is 1.99. The van der Waals surface area contributed by atoms with E-state index >= 15 is 0 Å². The molecule has 0 saturated heterocycles. The molecule has 1 N–H and O–H groups in total. The summed E-state index contributed by atoms with van der Waals surface area (Å²) in [4.78, 5) is 12.3. The molecule has 0 unspecified atom stereocenters. The number of ether oxygens (including phenoxy) is 2. The molecule has 0 aliphatic rings. The average molecular weight is 320 g/mol. The van der Waals surface area contributed by atoms with Gasteiger partial charge in [0.2, 0.25) is 0 Å². The van der Waals surface area contributed by atoms with Crippen LogP contribution in [0.1, 0.15) is 22.8 Å². The van der Waals surface area contributed by atoms with Crippen LogP contribution in [0.15, 0.2) is 36.4 Å². The molecule has 5 heteroatoms. The molecule has 0 aliphatic carbocycles. The number of amides is 1. The number of hydrogen-bond donors (Lipinski definition) is 1. The first kappa shape index (κ1) is 16.2. The molecule has 116 valence electrons. The number of methoxy groups -OCH3 is 1. The quantitative estimate of drug-likeness (QED) is 0.893. The number of halogens is 1. The minimum atomic E-state index is -0.219. The molecule has 0 spiro atoms. The maximum absolute atomic E-state index is 12.3. The third-order valence-corrected chi connectivity index (χ3v) is 3.56. The van der Waals surface area contributed by atoms with Crippen LogP contribution in [0.2, 0.25) is 5.02 Å². The Labute approximate surface area is 135 Å². The minimum absolute atomic E-state index is 0.219. The Hall–Kier alpha value is -2.20. The molecule has 0 bridgehead atoms. The van der Waals surface area contributed by atoms with Crippen molar-refractivity contribution >= 4 is 23.2 Å². The van der Waals surface area contributed by atoms with Crippen LogP contribution >= 0.6 is 11.6 Å². The maximum Gasteiger partial charge on any atom is 0.255 e. The van der Waals surface area contributed by atoms with Crippen molar-refractivity contribution in [3.8, 4) is 11.5 Å². The van der Waals surface area contributed by atoms with Crippen LogP contribution in [-0.2, 0) is 0 Å². The highest BCUT2D eigenvalue weighted by Crippen LogP contribution is 2.31. The molecule has 0 atom stereocenters. The third-order valence-electron chi connectivity index (χ3n) is 3.16. The summed E-state index contributed by atoms with van der Waals surface area (Å²) >= 11 is 6.06. The van der Waals surface area contributed by atoms with Crippen LogP contribution in [0.25, 0.3) is 0 Å². The molecule has 2 aromatic rings. The second kappa shape index (κ2) is 7.18. The van der Waals surface area contributed by atoms with Gasteiger partial charge in [-0.05, 0) is 49.7 Å². The topological polar surface area (TPSA) is 47.6 Å². The van der Waals surface area contributed by atoms with Crippen LogP contribution in [0.3, 0.4) is 0 Å². The first-order valence-electron chi connectivity index (χ1n) is 6.93. The molecular weight excluding hydrogens is 302 g/mol. The van der Waals surface area contributed by atoms with Gasteiger partial charge in [-0.15, -0.1) is 0 Å². The van der Waals surface area contributed by atoms with Gasteiger partial charge >= 0.3 is 0 Å². The number of anilines is 1. The second-order valence-corrected chi connectivity index (χ2v) is 5.12. The van der Waals surface area contributed by atoms with E-state index in [1.807, 2.05) is 13.8 Å². The molecule has 0 radical (unpaired) electrons. The molecule has 1 amide bonds. The van der Waals surface area contributed by atoms with E-state index in [4.69, 9.17) is 21.1 Å². The first-order chi connectivity index (χ1) is 10.5. The summed E-state index contributed by atoms with van der Waals surface area (Å²) in [6.07, 6.45) is 0. The van der Waals surface area contributed by atoms with Crippen molar-refractivity contribution in [2.45, 2.75) is 13.8 Å². The average Bonchev–Trinajstić information content (AvgIpc) is 2.51. The summed E-state index contributed by atoms with van der Waals surface area (Å²) < 4.78 is 10.6. The van der Waals surface area contributed by atoms with Crippen LogP contribution in [0, 0.1) is 6.92 Å². The second-order valence-electron chi connectivity index (χ2n) is 4.71. The maximum atomic E-state index is 12.3. The van der Waals surface area contributed by atoms with Crippen LogP contribution in [0.5, 0.6) is 11.5 Å². The molecule has 0 heterocycles. The summed E-state index contributed by atoms with van der Waals surface area (Å²) in [6, 6.07) is 10.4. The number of benzene rings is 2. The van der Waals surface area contributed by atoms with Gasteiger partial charge in [0, 0.05) is 16.7 Å². The molecule has 0 aromatic heterocycles. The first-order valence-corrected chi connectivity index (χ1v) is 7.31. The molecule has 22 heavy (non-hydrogen) atoms. The molecule has 2 rings (SSSR count). The van der Waals surface area contributed by atoms with Crippen LogP contribution in [0.4, 0.5) is 5.69 Å². The largest absolute Gasteiger partial charge is 0.495 e. The Morgan fingerprint density at radius 3 is 2.50 bits per heavy atom. The normalized spacial score (nSPS) is 10.2. The zero-order chi connectivity index (χ0) is 16.1. The van der Waals surface area contributed by atoms with Crippen molar-refractivity contribution in [3.05, 3.63) is 52.5 Å². The molecular formula is C17H18ClNO3. The summed E-state index contributed by atoms with van der Waals surface area (Å²) in [6.45, 7) is 4.37. The number of aryl methyl sites for hydroxylation is 1. The molecule has 0 saturated carbocycles. The lowest BCUT2D eigenvalue weighted by Gasteiger charge is -2.12. The Kier molecular flexibility index (Phi) is 5.28. The SMILES string of the molecule is CCOc1ccc(C(=O)Nc2cc(C)c(Cl)cc2OC)cc1. The van der Waals surface area contributed by atoms with E-state index in [0.717, 1.165) is 11.3 Å². The van der Waals surface area contributed by atoms with Gasteiger partial charge in [-0.25, -0.2) is 0 Å². The van der Waals surface area contributed by atoms with Crippen molar-refractivity contribution in [3.63, 3.8) is 0 Å². The van der Waals surface area contributed by atoms with Gasteiger partial charge in [0.15, 0.2) is 0 Å². The monoisotopic (exact) mass is 319 g/mol. The van der Waals surface area contributed by atoms with Gasteiger partial charge in [0.1, 0.15) is 11.5 Å². The molecule has 4 nitrogen and oxygen atoms in total. The van der Waals surface area contributed by atoms with Crippen molar-refractivity contribution < 1.29 is 14.3 Å². The zero-order valence-electron chi connectivity index (χ0n) is 12.8. The fraction of sp³-hybridized carbons (Fsp3) is 0.235. The highest BCUT2D eigenvalue weighted by Gasteiger charge is 2.12. The fourth-order valence-corrected chi connectivity index (χ4v) is 2.15. The third kappa shape index (κ3) is 3.71.